The first kappa shape index (κ1) is 17.7. The smallest absolute Gasteiger partial charge is 0.138 e. The van der Waals surface area contributed by atoms with Crippen molar-refractivity contribution in [3.05, 3.63) is 11.9 Å². The van der Waals surface area contributed by atoms with Gasteiger partial charge in [0.2, 0.25) is 0 Å². The zero-order valence-electron chi connectivity index (χ0n) is 14.2. The predicted octanol–water partition coefficient (Wildman–Crippen LogP) is 3.03. The van der Waals surface area contributed by atoms with Crippen molar-refractivity contribution < 1.29 is 5.11 Å². The maximum atomic E-state index is 8.96. The Morgan fingerprint density at radius 3 is 2.24 bits per heavy atom. The summed E-state index contributed by atoms with van der Waals surface area (Å²) in [5.74, 6) is 2.49. The van der Waals surface area contributed by atoms with Gasteiger partial charge in [-0.1, -0.05) is 34.6 Å². The van der Waals surface area contributed by atoms with Gasteiger partial charge < -0.3 is 15.7 Å². The molecule has 0 aliphatic rings. The van der Waals surface area contributed by atoms with E-state index < -0.39 is 0 Å². The highest BCUT2D eigenvalue weighted by Gasteiger charge is 2.21. The number of rotatable bonds is 7. The van der Waals surface area contributed by atoms with E-state index in [0.29, 0.717) is 0 Å². The lowest BCUT2D eigenvalue weighted by atomic mass is 9.88. The monoisotopic (exact) mass is 294 g/mol. The number of hydrogen-bond donors (Lipinski definition) is 3. The van der Waals surface area contributed by atoms with Gasteiger partial charge in [0.25, 0.3) is 0 Å². The topological polar surface area (TPSA) is 70.1 Å². The van der Waals surface area contributed by atoms with E-state index >= 15 is 0 Å². The molecule has 1 heterocycles. The minimum Gasteiger partial charge on any atom is -0.396 e. The average Bonchev–Trinajstić information content (AvgIpc) is 2.42. The van der Waals surface area contributed by atoms with Crippen LogP contribution in [0.3, 0.4) is 0 Å². The van der Waals surface area contributed by atoms with Gasteiger partial charge in [0.1, 0.15) is 17.5 Å². The molecule has 120 valence electrons. The molecule has 0 amide bonds. The van der Waals surface area contributed by atoms with Gasteiger partial charge in [0, 0.05) is 31.7 Å². The Labute approximate surface area is 128 Å². The van der Waals surface area contributed by atoms with Gasteiger partial charge in [0.15, 0.2) is 0 Å². The summed E-state index contributed by atoms with van der Waals surface area (Å²) < 4.78 is 0. The molecule has 0 fully saturated rings. The number of aromatic nitrogens is 2. The normalized spacial score (nSPS) is 12.3. The van der Waals surface area contributed by atoms with Crippen LogP contribution in [-0.4, -0.2) is 35.3 Å². The number of hydrogen-bond acceptors (Lipinski definition) is 5. The zero-order chi connectivity index (χ0) is 16.1. The summed E-state index contributed by atoms with van der Waals surface area (Å²) in [4.78, 5) is 9.15. The quantitative estimate of drug-likeness (QED) is 0.721. The average molecular weight is 294 g/mol. The maximum absolute atomic E-state index is 8.96. The van der Waals surface area contributed by atoms with Crippen molar-refractivity contribution in [1.29, 1.82) is 0 Å². The molecule has 0 saturated carbocycles. The number of nitrogens with zero attached hydrogens (tertiary/aromatic N) is 2. The van der Waals surface area contributed by atoms with Crippen molar-refractivity contribution in [2.75, 3.05) is 30.8 Å². The highest BCUT2D eigenvalue weighted by atomic mass is 16.2. The van der Waals surface area contributed by atoms with Crippen molar-refractivity contribution in [3.8, 4) is 0 Å². The van der Waals surface area contributed by atoms with Crippen molar-refractivity contribution >= 4 is 11.6 Å². The first-order valence-electron chi connectivity index (χ1n) is 7.60. The molecule has 5 nitrogen and oxygen atoms in total. The summed E-state index contributed by atoms with van der Waals surface area (Å²) in [7, 11) is 1.86. The largest absolute Gasteiger partial charge is 0.396 e. The third-order valence-electron chi connectivity index (χ3n) is 3.41. The number of aliphatic hydroxyl groups is 1. The Morgan fingerprint density at radius 2 is 1.71 bits per heavy atom. The van der Waals surface area contributed by atoms with E-state index in [1.165, 1.54) is 0 Å². The van der Waals surface area contributed by atoms with Gasteiger partial charge in [-0.2, -0.15) is 0 Å². The number of anilines is 2. The fourth-order valence-electron chi connectivity index (χ4n) is 1.98. The van der Waals surface area contributed by atoms with E-state index in [2.05, 4.69) is 55.2 Å². The lowest BCUT2D eigenvalue weighted by molar-refractivity contribution is 0.248. The van der Waals surface area contributed by atoms with Gasteiger partial charge in [0.05, 0.1) is 0 Å². The van der Waals surface area contributed by atoms with Gasteiger partial charge in [-0.25, -0.2) is 9.97 Å². The SMILES string of the molecule is CNc1cc(NCC(C)(C)CCCO)nc(C(C)(C)C)n1. The van der Waals surface area contributed by atoms with E-state index in [0.717, 1.165) is 36.8 Å². The molecule has 0 unspecified atom stereocenters. The molecule has 0 radical (unpaired) electrons. The second-order valence-corrected chi connectivity index (χ2v) is 7.31. The van der Waals surface area contributed by atoms with Crippen molar-refractivity contribution in [2.45, 2.75) is 52.9 Å². The first-order valence-corrected chi connectivity index (χ1v) is 7.60. The van der Waals surface area contributed by atoms with Gasteiger partial charge in [-0.05, 0) is 18.3 Å². The lowest BCUT2D eigenvalue weighted by Crippen LogP contribution is -2.25. The summed E-state index contributed by atoms with van der Waals surface area (Å²) >= 11 is 0. The van der Waals surface area contributed by atoms with E-state index in [9.17, 15) is 0 Å². The molecule has 1 aromatic rings. The minimum atomic E-state index is -0.0876. The van der Waals surface area contributed by atoms with E-state index in [4.69, 9.17) is 5.11 Å². The van der Waals surface area contributed by atoms with Crippen LogP contribution in [0, 0.1) is 5.41 Å². The molecule has 0 aliphatic carbocycles. The molecule has 3 N–H and O–H groups in total. The highest BCUT2D eigenvalue weighted by Crippen LogP contribution is 2.25. The minimum absolute atomic E-state index is 0.0876. The van der Waals surface area contributed by atoms with E-state index in [-0.39, 0.29) is 17.4 Å². The summed E-state index contributed by atoms with van der Waals surface area (Å²) in [5, 5.41) is 15.5. The molecule has 0 aliphatic heterocycles. The molecule has 0 bridgehead atoms. The Morgan fingerprint density at radius 1 is 1.10 bits per heavy atom. The first-order chi connectivity index (χ1) is 9.68. The third-order valence-corrected chi connectivity index (χ3v) is 3.41. The van der Waals surface area contributed by atoms with Crippen LogP contribution in [0.5, 0.6) is 0 Å². The van der Waals surface area contributed by atoms with Crippen LogP contribution in [0.2, 0.25) is 0 Å². The fourth-order valence-corrected chi connectivity index (χ4v) is 1.98. The van der Waals surface area contributed by atoms with Crippen molar-refractivity contribution in [2.24, 2.45) is 5.41 Å². The Balaban J connectivity index is 2.83. The van der Waals surface area contributed by atoms with Crippen LogP contribution in [0.25, 0.3) is 0 Å². The van der Waals surface area contributed by atoms with Crippen LogP contribution in [0.15, 0.2) is 6.07 Å². The Kier molecular flexibility index (Phi) is 5.96. The van der Waals surface area contributed by atoms with Gasteiger partial charge in [-0.3, -0.25) is 0 Å². The molecule has 1 aromatic heterocycles. The second kappa shape index (κ2) is 7.07. The standard InChI is InChI=1S/C16H30N4O/c1-15(2,3)14-19-12(17-6)10-13(20-14)18-11-16(4,5)8-7-9-21/h10,21H,7-9,11H2,1-6H3,(H2,17,18,19,20). The van der Waals surface area contributed by atoms with Crippen LogP contribution in [-0.2, 0) is 5.41 Å². The lowest BCUT2D eigenvalue weighted by Gasteiger charge is -2.25. The molecule has 1 rings (SSSR count). The molecular formula is C16H30N4O. The Bertz CT molecular complexity index is 452. The van der Waals surface area contributed by atoms with Crippen LogP contribution in [0.4, 0.5) is 11.6 Å². The highest BCUT2D eigenvalue weighted by molar-refractivity contribution is 5.48. The van der Waals surface area contributed by atoms with E-state index in [1.54, 1.807) is 0 Å². The number of nitrogens with one attached hydrogen (secondary N) is 2. The molecule has 0 aromatic carbocycles. The summed E-state index contributed by atoms with van der Waals surface area (Å²) in [6.07, 6.45) is 1.81. The maximum Gasteiger partial charge on any atom is 0.138 e. The predicted molar refractivity (Wildman–Crippen MR) is 88.9 cm³/mol. The van der Waals surface area contributed by atoms with Crippen molar-refractivity contribution in [1.82, 2.24) is 9.97 Å². The fraction of sp³-hybridized carbons (Fsp3) is 0.750. The van der Waals surface area contributed by atoms with Crippen molar-refractivity contribution in [3.63, 3.8) is 0 Å². The van der Waals surface area contributed by atoms with Gasteiger partial charge >= 0.3 is 0 Å². The molecule has 21 heavy (non-hydrogen) atoms. The summed E-state index contributed by atoms with van der Waals surface area (Å²) in [6, 6.07) is 1.93. The van der Waals surface area contributed by atoms with E-state index in [1.807, 2.05) is 13.1 Å². The Hall–Kier alpha value is -1.36. The molecule has 0 spiro atoms. The number of aliphatic hydroxyl groups excluding tert-OH is 1. The molecule has 5 heteroatoms. The molecular weight excluding hydrogens is 264 g/mol. The molecule has 0 atom stereocenters. The zero-order valence-corrected chi connectivity index (χ0v) is 14.2. The van der Waals surface area contributed by atoms with Crippen LogP contribution in [0.1, 0.15) is 53.3 Å². The van der Waals surface area contributed by atoms with Crippen LogP contribution >= 0.6 is 0 Å². The third kappa shape index (κ3) is 5.87. The van der Waals surface area contributed by atoms with Gasteiger partial charge in [-0.15, -0.1) is 0 Å². The summed E-state index contributed by atoms with van der Waals surface area (Å²) in [6.45, 7) is 11.8. The molecule has 0 saturated heterocycles. The van der Waals surface area contributed by atoms with Crippen LogP contribution < -0.4 is 10.6 Å². The summed E-state index contributed by atoms with van der Waals surface area (Å²) in [5.41, 5.74) is 0.0328. The second-order valence-electron chi connectivity index (χ2n) is 7.31.